The average molecular weight is 283 g/mol. The lowest BCUT2D eigenvalue weighted by atomic mass is 9.97. The van der Waals surface area contributed by atoms with Crippen molar-refractivity contribution in [2.75, 3.05) is 13.7 Å². The molecule has 0 aliphatic rings. The number of carbonyl (C=O) groups excluding carboxylic acids is 1. The molecule has 0 bridgehead atoms. The van der Waals surface area contributed by atoms with E-state index >= 15 is 0 Å². The number of nitrogens with one attached hydrogen (secondary N) is 1. The Labute approximate surface area is 119 Å². The van der Waals surface area contributed by atoms with Crippen LogP contribution in [0.5, 0.6) is 5.75 Å². The number of amides is 1. The largest absolute Gasteiger partial charge is 0.494 e. The Kier molecular flexibility index (Phi) is 5.95. The first-order valence-corrected chi connectivity index (χ1v) is 6.75. The van der Waals surface area contributed by atoms with E-state index in [2.05, 4.69) is 5.32 Å². The lowest BCUT2D eigenvalue weighted by molar-refractivity contribution is -0.121. The molecule has 20 heavy (non-hydrogen) atoms. The van der Waals surface area contributed by atoms with Crippen molar-refractivity contribution in [3.05, 3.63) is 29.6 Å². The van der Waals surface area contributed by atoms with Crippen molar-refractivity contribution < 1.29 is 19.0 Å². The molecular formula is C15H22FNO3. The lowest BCUT2D eigenvalue weighted by Gasteiger charge is -2.25. The highest BCUT2D eigenvalue weighted by Crippen LogP contribution is 2.18. The molecule has 0 aliphatic heterocycles. The molecular weight excluding hydrogens is 261 g/mol. The number of methoxy groups -OCH3 is 1. The summed E-state index contributed by atoms with van der Waals surface area (Å²) in [4.78, 5) is 11.8. The molecule has 0 fully saturated rings. The summed E-state index contributed by atoms with van der Waals surface area (Å²) in [6.45, 7) is 3.94. The van der Waals surface area contributed by atoms with E-state index in [1.165, 1.54) is 19.2 Å². The molecule has 0 heterocycles. The smallest absolute Gasteiger partial charge is 0.224 e. The fraction of sp³-hybridized carbons (Fsp3) is 0.533. The van der Waals surface area contributed by atoms with E-state index in [1.54, 1.807) is 6.07 Å². The van der Waals surface area contributed by atoms with E-state index < -0.39 is 11.4 Å². The number of hydrogen-bond acceptors (Lipinski definition) is 3. The Balaban J connectivity index is 2.56. The van der Waals surface area contributed by atoms with Crippen LogP contribution >= 0.6 is 0 Å². The molecule has 0 saturated heterocycles. The minimum atomic E-state index is -0.874. The number of ether oxygens (including phenoxy) is 1. The first-order chi connectivity index (χ1) is 9.44. The fourth-order valence-corrected chi connectivity index (χ4v) is 1.83. The maximum atomic E-state index is 13.5. The molecule has 1 aromatic rings. The van der Waals surface area contributed by atoms with Gasteiger partial charge in [0.05, 0.1) is 19.1 Å². The van der Waals surface area contributed by atoms with Gasteiger partial charge in [-0.3, -0.25) is 4.79 Å². The van der Waals surface area contributed by atoms with Crippen LogP contribution in [0.25, 0.3) is 0 Å². The summed E-state index contributed by atoms with van der Waals surface area (Å²) >= 11 is 0. The Morgan fingerprint density at radius 2 is 2.05 bits per heavy atom. The molecule has 5 heteroatoms. The predicted molar refractivity (Wildman–Crippen MR) is 75.2 cm³/mol. The van der Waals surface area contributed by atoms with Gasteiger partial charge in [-0.1, -0.05) is 19.9 Å². The predicted octanol–water partition coefficient (Wildman–Crippen LogP) is 2.04. The van der Waals surface area contributed by atoms with Crippen LogP contribution in [0.4, 0.5) is 4.39 Å². The van der Waals surface area contributed by atoms with Gasteiger partial charge in [-0.25, -0.2) is 4.39 Å². The Hall–Kier alpha value is -1.62. The first kappa shape index (κ1) is 16.4. The maximum absolute atomic E-state index is 13.5. The van der Waals surface area contributed by atoms with E-state index in [4.69, 9.17) is 4.74 Å². The molecule has 1 amide bonds. The quantitative estimate of drug-likeness (QED) is 0.805. The van der Waals surface area contributed by atoms with Gasteiger partial charge in [0.25, 0.3) is 0 Å². The number of benzene rings is 1. The molecule has 2 N–H and O–H groups in total. The van der Waals surface area contributed by atoms with Crippen LogP contribution in [0.15, 0.2) is 18.2 Å². The Morgan fingerprint density at radius 3 is 2.55 bits per heavy atom. The molecule has 0 radical (unpaired) electrons. The van der Waals surface area contributed by atoms with E-state index in [-0.39, 0.29) is 24.6 Å². The number of halogens is 1. The highest BCUT2D eigenvalue weighted by molar-refractivity contribution is 5.78. The third-order valence-electron chi connectivity index (χ3n) is 3.51. The van der Waals surface area contributed by atoms with Gasteiger partial charge in [-0.2, -0.15) is 0 Å². The Morgan fingerprint density at radius 1 is 1.40 bits per heavy atom. The van der Waals surface area contributed by atoms with Gasteiger partial charge in [0, 0.05) is 6.54 Å². The standard InChI is InChI=1S/C15H22FNO3/c1-4-15(19,5-2)10-17-14(18)9-11-6-7-13(20-3)12(16)8-11/h6-8,19H,4-5,9-10H2,1-3H3,(H,17,18). The van der Waals surface area contributed by atoms with Crippen LogP contribution in [0.3, 0.4) is 0 Å². The molecule has 0 spiro atoms. The normalized spacial score (nSPS) is 11.2. The van der Waals surface area contributed by atoms with Crippen LogP contribution in [0.2, 0.25) is 0 Å². The summed E-state index contributed by atoms with van der Waals surface area (Å²) in [6.07, 6.45) is 1.21. The number of carbonyl (C=O) groups is 1. The first-order valence-electron chi connectivity index (χ1n) is 6.75. The summed E-state index contributed by atoms with van der Waals surface area (Å²) in [5, 5.41) is 12.7. The fourth-order valence-electron chi connectivity index (χ4n) is 1.83. The SMILES string of the molecule is CCC(O)(CC)CNC(=O)Cc1ccc(OC)c(F)c1. The van der Waals surface area contributed by atoms with Gasteiger partial charge >= 0.3 is 0 Å². The topological polar surface area (TPSA) is 58.6 Å². The zero-order valence-corrected chi connectivity index (χ0v) is 12.2. The highest BCUT2D eigenvalue weighted by Gasteiger charge is 2.22. The molecule has 0 saturated carbocycles. The van der Waals surface area contributed by atoms with Gasteiger partial charge in [0.1, 0.15) is 0 Å². The minimum absolute atomic E-state index is 0.0738. The molecule has 0 aromatic heterocycles. The third-order valence-corrected chi connectivity index (χ3v) is 3.51. The summed E-state index contributed by atoms with van der Waals surface area (Å²) in [5.74, 6) is -0.577. The Bertz CT molecular complexity index is 458. The van der Waals surface area contributed by atoms with Crippen molar-refractivity contribution in [2.45, 2.75) is 38.7 Å². The van der Waals surface area contributed by atoms with Crippen molar-refractivity contribution >= 4 is 5.91 Å². The summed E-state index contributed by atoms with van der Waals surface area (Å²) < 4.78 is 18.3. The van der Waals surface area contributed by atoms with E-state index in [0.717, 1.165) is 0 Å². The highest BCUT2D eigenvalue weighted by atomic mass is 19.1. The van der Waals surface area contributed by atoms with Crippen molar-refractivity contribution in [2.24, 2.45) is 0 Å². The van der Waals surface area contributed by atoms with E-state index in [0.29, 0.717) is 18.4 Å². The van der Waals surface area contributed by atoms with Gasteiger partial charge < -0.3 is 15.2 Å². The molecule has 1 rings (SSSR count). The van der Waals surface area contributed by atoms with Gasteiger partial charge in [-0.15, -0.1) is 0 Å². The minimum Gasteiger partial charge on any atom is -0.494 e. The van der Waals surface area contributed by atoms with Crippen molar-refractivity contribution in [3.63, 3.8) is 0 Å². The van der Waals surface area contributed by atoms with Crippen molar-refractivity contribution in [1.82, 2.24) is 5.32 Å². The number of rotatable bonds is 7. The summed E-state index contributed by atoms with van der Waals surface area (Å²) in [6, 6.07) is 4.42. The van der Waals surface area contributed by atoms with Gasteiger partial charge in [-0.05, 0) is 30.5 Å². The van der Waals surface area contributed by atoms with Crippen LogP contribution in [0.1, 0.15) is 32.3 Å². The van der Waals surface area contributed by atoms with Crippen LogP contribution in [0, 0.1) is 5.82 Å². The van der Waals surface area contributed by atoms with Gasteiger partial charge in [0.15, 0.2) is 11.6 Å². The van der Waals surface area contributed by atoms with Crippen molar-refractivity contribution in [1.29, 1.82) is 0 Å². The molecule has 0 atom stereocenters. The molecule has 1 aromatic carbocycles. The number of aliphatic hydroxyl groups is 1. The van der Waals surface area contributed by atoms with Crippen molar-refractivity contribution in [3.8, 4) is 5.75 Å². The zero-order chi connectivity index (χ0) is 15.2. The molecule has 0 unspecified atom stereocenters. The molecule has 0 aliphatic carbocycles. The average Bonchev–Trinajstić information content (AvgIpc) is 2.45. The second kappa shape index (κ2) is 7.24. The molecule has 112 valence electrons. The zero-order valence-electron chi connectivity index (χ0n) is 12.2. The lowest BCUT2D eigenvalue weighted by Crippen LogP contribution is -2.42. The maximum Gasteiger partial charge on any atom is 0.224 e. The van der Waals surface area contributed by atoms with Crippen LogP contribution in [-0.4, -0.2) is 30.3 Å². The van der Waals surface area contributed by atoms with Crippen LogP contribution in [-0.2, 0) is 11.2 Å². The van der Waals surface area contributed by atoms with Crippen LogP contribution < -0.4 is 10.1 Å². The van der Waals surface area contributed by atoms with E-state index in [9.17, 15) is 14.3 Å². The van der Waals surface area contributed by atoms with E-state index in [1.807, 2.05) is 13.8 Å². The summed E-state index contributed by atoms with van der Waals surface area (Å²) in [5.41, 5.74) is -0.307. The molecule has 4 nitrogen and oxygen atoms in total. The monoisotopic (exact) mass is 283 g/mol. The second-order valence-electron chi connectivity index (χ2n) is 4.85. The second-order valence-corrected chi connectivity index (χ2v) is 4.85. The number of hydrogen-bond donors (Lipinski definition) is 2. The van der Waals surface area contributed by atoms with Gasteiger partial charge in [0.2, 0.25) is 5.91 Å². The third kappa shape index (κ3) is 4.49. The summed E-state index contributed by atoms with van der Waals surface area (Å²) in [7, 11) is 1.39.